The van der Waals surface area contributed by atoms with Gasteiger partial charge < -0.3 is 5.32 Å². The zero-order valence-corrected chi connectivity index (χ0v) is 11.3. The van der Waals surface area contributed by atoms with Gasteiger partial charge >= 0.3 is 0 Å². The first-order chi connectivity index (χ1) is 8.72. The van der Waals surface area contributed by atoms with Crippen LogP contribution in [0.4, 0.5) is 5.69 Å². The van der Waals surface area contributed by atoms with Crippen LogP contribution in [0, 0.1) is 0 Å². The number of rotatable bonds is 1. The van der Waals surface area contributed by atoms with Gasteiger partial charge in [0.15, 0.2) is 0 Å². The summed E-state index contributed by atoms with van der Waals surface area (Å²) in [5.41, 5.74) is 3.76. The standard InChI is InChI=1S/C15H13Cl2N/c16-12-4-1-10(2-5-12)14-7-3-11-9-13(17)6-8-15(11)18-14/h1-2,4-6,8-9,14,18H,3,7H2/t14-/m0/s1. The van der Waals surface area contributed by atoms with Crippen LogP contribution in [0.15, 0.2) is 42.5 Å². The molecule has 0 aromatic heterocycles. The van der Waals surface area contributed by atoms with E-state index in [2.05, 4.69) is 23.5 Å². The SMILES string of the molecule is Clc1ccc([C@@H]2CCc3cc(Cl)ccc3N2)cc1. The van der Waals surface area contributed by atoms with Crippen molar-refractivity contribution in [2.24, 2.45) is 0 Å². The van der Waals surface area contributed by atoms with E-state index in [0.29, 0.717) is 6.04 Å². The molecule has 1 aliphatic heterocycles. The van der Waals surface area contributed by atoms with Crippen molar-refractivity contribution in [1.29, 1.82) is 0 Å². The number of halogens is 2. The Morgan fingerprint density at radius 1 is 0.944 bits per heavy atom. The maximum atomic E-state index is 6.01. The van der Waals surface area contributed by atoms with Gasteiger partial charge in [0.05, 0.1) is 6.04 Å². The zero-order chi connectivity index (χ0) is 12.5. The van der Waals surface area contributed by atoms with Crippen LogP contribution in [0.2, 0.25) is 10.0 Å². The molecular weight excluding hydrogens is 265 g/mol. The molecule has 0 radical (unpaired) electrons. The lowest BCUT2D eigenvalue weighted by atomic mass is 9.93. The lowest BCUT2D eigenvalue weighted by Crippen LogP contribution is -2.17. The molecule has 0 aliphatic carbocycles. The molecule has 92 valence electrons. The molecule has 1 heterocycles. The molecular formula is C15H13Cl2N. The van der Waals surface area contributed by atoms with Gasteiger partial charge in [-0.3, -0.25) is 0 Å². The van der Waals surface area contributed by atoms with Gasteiger partial charge in [-0.25, -0.2) is 0 Å². The fourth-order valence-electron chi connectivity index (χ4n) is 2.41. The van der Waals surface area contributed by atoms with Crippen LogP contribution in [-0.2, 0) is 6.42 Å². The molecule has 2 aromatic rings. The molecule has 0 bridgehead atoms. The largest absolute Gasteiger partial charge is 0.378 e. The molecule has 0 saturated heterocycles. The van der Waals surface area contributed by atoms with Gasteiger partial charge in [-0.05, 0) is 54.3 Å². The molecule has 0 amide bonds. The van der Waals surface area contributed by atoms with Gasteiger partial charge in [0.2, 0.25) is 0 Å². The third kappa shape index (κ3) is 2.33. The van der Waals surface area contributed by atoms with E-state index in [1.54, 1.807) is 0 Å². The summed E-state index contributed by atoms with van der Waals surface area (Å²) in [6.07, 6.45) is 2.13. The fraction of sp³-hybridized carbons (Fsp3) is 0.200. The molecule has 2 aromatic carbocycles. The Balaban J connectivity index is 1.86. The molecule has 0 unspecified atom stereocenters. The Morgan fingerprint density at radius 2 is 1.67 bits per heavy atom. The molecule has 1 aliphatic rings. The second kappa shape index (κ2) is 4.83. The highest BCUT2D eigenvalue weighted by Gasteiger charge is 2.19. The van der Waals surface area contributed by atoms with Crippen LogP contribution in [0.3, 0.4) is 0 Å². The Morgan fingerprint density at radius 3 is 2.44 bits per heavy atom. The molecule has 1 atom stereocenters. The molecule has 1 N–H and O–H groups in total. The van der Waals surface area contributed by atoms with E-state index < -0.39 is 0 Å². The van der Waals surface area contributed by atoms with E-state index in [-0.39, 0.29) is 0 Å². The lowest BCUT2D eigenvalue weighted by Gasteiger charge is -2.27. The second-order valence-electron chi connectivity index (χ2n) is 4.59. The van der Waals surface area contributed by atoms with Crippen molar-refractivity contribution in [3.63, 3.8) is 0 Å². The minimum atomic E-state index is 0.357. The molecule has 3 rings (SSSR count). The Kier molecular flexibility index (Phi) is 3.19. The predicted octanol–water partition coefficient (Wildman–Crippen LogP) is 5.09. The normalized spacial score (nSPS) is 18.0. The van der Waals surface area contributed by atoms with Crippen molar-refractivity contribution in [3.8, 4) is 0 Å². The highest BCUT2D eigenvalue weighted by Crippen LogP contribution is 2.34. The van der Waals surface area contributed by atoms with Crippen LogP contribution < -0.4 is 5.32 Å². The van der Waals surface area contributed by atoms with Crippen LogP contribution in [0.5, 0.6) is 0 Å². The van der Waals surface area contributed by atoms with Crippen molar-refractivity contribution in [1.82, 2.24) is 0 Å². The Labute approximate surface area is 117 Å². The van der Waals surface area contributed by atoms with Crippen LogP contribution in [0.1, 0.15) is 23.6 Å². The fourth-order valence-corrected chi connectivity index (χ4v) is 2.74. The van der Waals surface area contributed by atoms with Gasteiger partial charge in [0.1, 0.15) is 0 Å². The minimum absolute atomic E-state index is 0.357. The van der Waals surface area contributed by atoms with Crippen molar-refractivity contribution < 1.29 is 0 Å². The summed E-state index contributed by atoms with van der Waals surface area (Å²) in [6.45, 7) is 0. The average molecular weight is 278 g/mol. The first-order valence-electron chi connectivity index (χ1n) is 6.03. The summed E-state index contributed by atoms with van der Waals surface area (Å²) >= 11 is 11.9. The van der Waals surface area contributed by atoms with Crippen molar-refractivity contribution in [3.05, 3.63) is 63.6 Å². The number of fused-ring (bicyclic) bond motifs is 1. The highest BCUT2D eigenvalue weighted by molar-refractivity contribution is 6.31. The quantitative estimate of drug-likeness (QED) is 0.765. The minimum Gasteiger partial charge on any atom is -0.378 e. The maximum Gasteiger partial charge on any atom is 0.0517 e. The highest BCUT2D eigenvalue weighted by atomic mass is 35.5. The number of hydrogen-bond acceptors (Lipinski definition) is 1. The van der Waals surface area contributed by atoms with Gasteiger partial charge in [0, 0.05) is 15.7 Å². The summed E-state index contributed by atoms with van der Waals surface area (Å²) in [5, 5.41) is 5.14. The molecule has 1 nitrogen and oxygen atoms in total. The van der Waals surface area contributed by atoms with Crippen molar-refractivity contribution >= 4 is 28.9 Å². The van der Waals surface area contributed by atoms with E-state index in [1.807, 2.05) is 24.3 Å². The van der Waals surface area contributed by atoms with Crippen molar-refractivity contribution in [2.45, 2.75) is 18.9 Å². The summed E-state index contributed by atoms with van der Waals surface area (Å²) in [4.78, 5) is 0. The Hall–Kier alpha value is -1.18. The third-order valence-electron chi connectivity index (χ3n) is 3.37. The molecule has 0 fully saturated rings. The number of hydrogen-bond donors (Lipinski definition) is 1. The summed E-state index contributed by atoms with van der Waals surface area (Å²) in [6, 6.07) is 14.4. The number of nitrogens with one attached hydrogen (secondary N) is 1. The predicted molar refractivity (Wildman–Crippen MR) is 77.6 cm³/mol. The maximum absolute atomic E-state index is 6.01. The van der Waals surface area contributed by atoms with E-state index >= 15 is 0 Å². The van der Waals surface area contributed by atoms with Crippen LogP contribution in [-0.4, -0.2) is 0 Å². The Bertz CT molecular complexity index is 563. The summed E-state index contributed by atoms with van der Waals surface area (Å²) in [7, 11) is 0. The van der Waals surface area contributed by atoms with E-state index in [0.717, 1.165) is 22.9 Å². The topological polar surface area (TPSA) is 12.0 Å². The van der Waals surface area contributed by atoms with Crippen molar-refractivity contribution in [2.75, 3.05) is 5.32 Å². The number of aryl methyl sites for hydroxylation is 1. The zero-order valence-electron chi connectivity index (χ0n) is 9.79. The molecule has 0 saturated carbocycles. The lowest BCUT2D eigenvalue weighted by molar-refractivity contribution is 0.668. The van der Waals surface area contributed by atoms with Gasteiger partial charge in [-0.2, -0.15) is 0 Å². The first-order valence-corrected chi connectivity index (χ1v) is 6.78. The van der Waals surface area contributed by atoms with Crippen LogP contribution >= 0.6 is 23.2 Å². The monoisotopic (exact) mass is 277 g/mol. The summed E-state index contributed by atoms with van der Waals surface area (Å²) in [5.74, 6) is 0. The smallest absolute Gasteiger partial charge is 0.0517 e. The molecule has 3 heteroatoms. The number of benzene rings is 2. The number of anilines is 1. The summed E-state index contributed by atoms with van der Waals surface area (Å²) < 4.78 is 0. The first kappa shape index (κ1) is 11.9. The van der Waals surface area contributed by atoms with E-state index in [9.17, 15) is 0 Å². The average Bonchev–Trinajstić information content (AvgIpc) is 2.39. The second-order valence-corrected chi connectivity index (χ2v) is 5.46. The molecule has 0 spiro atoms. The molecule has 18 heavy (non-hydrogen) atoms. The van der Waals surface area contributed by atoms with E-state index in [1.165, 1.54) is 16.8 Å². The van der Waals surface area contributed by atoms with E-state index in [4.69, 9.17) is 23.2 Å². The van der Waals surface area contributed by atoms with Gasteiger partial charge in [-0.1, -0.05) is 35.3 Å². The van der Waals surface area contributed by atoms with Gasteiger partial charge in [-0.15, -0.1) is 0 Å². The van der Waals surface area contributed by atoms with Crippen LogP contribution in [0.25, 0.3) is 0 Å². The third-order valence-corrected chi connectivity index (χ3v) is 3.86. The van der Waals surface area contributed by atoms with Gasteiger partial charge in [0.25, 0.3) is 0 Å².